The molecule has 2 rings (SSSR count). The van der Waals surface area contributed by atoms with Crippen molar-refractivity contribution in [1.82, 2.24) is 30.5 Å². The molecule has 2 heterocycles. The molecular weight excluding hydrogens is 933 g/mol. The number of fused-ring (bicyclic) bond motifs is 1. The molecule has 0 aliphatic carbocycles. The van der Waals surface area contributed by atoms with Gasteiger partial charge in [0.15, 0.2) is 0 Å². The molecule has 32 heteroatoms. The summed E-state index contributed by atoms with van der Waals surface area (Å²) in [7, 11) is -14.2. The van der Waals surface area contributed by atoms with Crippen molar-refractivity contribution < 1.29 is 90.4 Å². The number of anilines is 1. The lowest BCUT2D eigenvalue weighted by Crippen LogP contribution is -2.42. The summed E-state index contributed by atoms with van der Waals surface area (Å²) in [6, 6.07) is -2.34. The monoisotopic (exact) mass is 980 g/mol. The minimum Gasteiger partial charge on any atom is -0.481 e. The number of ether oxygens (including phenoxy) is 1. The van der Waals surface area contributed by atoms with E-state index in [0.717, 1.165) is 6.33 Å². The van der Waals surface area contributed by atoms with E-state index >= 15 is 0 Å². The van der Waals surface area contributed by atoms with Gasteiger partial charge in [-0.25, -0.2) is 28.5 Å². The Bertz CT molecular complexity index is 2080. The summed E-state index contributed by atoms with van der Waals surface area (Å²) in [6.07, 6.45) is 0.692. The van der Waals surface area contributed by atoms with Gasteiger partial charge in [0, 0.05) is 37.1 Å². The number of hydrogen-bond acceptors (Lipinski definition) is 19. The highest BCUT2D eigenvalue weighted by molar-refractivity contribution is 8.76. The van der Waals surface area contributed by atoms with Gasteiger partial charge in [-0.3, -0.25) is 23.7 Å². The number of nitrogens with zero attached hydrogens (tertiary/aromatic N) is 3. The van der Waals surface area contributed by atoms with Crippen molar-refractivity contribution >= 4 is 91.6 Å². The smallest absolute Gasteiger partial charge is 0.481 e. The molecule has 2 aromatic heterocycles. The minimum atomic E-state index is -5.77. The predicted molar refractivity (Wildman–Crippen MR) is 219 cm³/mol. The Hall–Kier alpha value is -3.68. The van der Waals surface area contributed by atoms with Crippen molar-refractivity contribution in [3.63, 3.8) is 0 Å². The molecule has 0 aliphatic rings. The van der Waals surface area contributed by atoms with Gasteiger partial charge in [-0.2, -0.15) is 8.62 Å². The van der Waals surface area contributed by atoms with Gasteiger partial charge in [-0.15, -0.1) is 0 Å². The number of carboxylic acids is 2. The number of aliphatic hydroxyl groups is 1. The van der Waals surface area contributed by atoms with E-state index in [2.05, 4.69) is 50.9 Å². The largest absolute Gasteiger partial charge is 0.490 e. The third-order valence-electron chi connectivity index (χ3n) is 7.54. The molecule has 27 nitrogen and oxygen atoms in total. The maximum Gasteiger partial charge on any atom is 0.490 e. The van der Waals surface area contributed by atoms with Crippen LogP contribution in [0.1, 0.15) is 51.0 Å². The third-order valence-corrected chi connectivity index (χ3v) is 13.8. The zero-order valence-corrected chi connectivity index (χ0v) is 36.9. The average Bonchev–Trinajstić information content (AvgIpc) is 3.50. The molecular formula is C30H47N8O19P3S2. The second kappa shape index (κ2) is 26.2. The molecule has 348 valence electrons. The molecule has 14 N–H and O–H groups in total. The van der Waals surface area contributed by atoms with Gasteiger partial charge >= 0.3 is 35.4 Å². The number of phosphoric ester groups is 1. The van der Waals surface area contributed by atoms with Crippen LogP contribution >= 0.6 is 45.1 Å². The van der Waals surface area contributed by atoms with E-state index in [1.807, 2.05) is 0 Å². The number of aliphatic hydroxyl groups excluding tert-OH is 1. The van der Waals surface area contributed by atoms with E-state index in [-0.39, 0.29) is 48.4 Å². The van der Waals surface area contributed by atoms with Gasteiger partial charge in [0.25, 0.3) is 0 Å². The number of aromatic nitrogens is 3. The molecule has 0 bridgehead atoms. The highest BCUT2D eigenvalue weighted by Crippen LogP contribution is 2.66. The van der Waals surface area contributed by atoms with Crippen molar-refractivity contribution in [1.29, 1.82) is 0 Å². The van der Waals surface area contributed by atoms with Crippen molar-refractivity contribution in [3.8, 4) is 11.8 Å². The van der Waals surface area contributed by atoms with Crippen LogP contribution in [-0.2, 0) is 62.3 Å². The van der Waals surface area contributed by atoms with E-state index in [0.29, 0.717) is 42.5 Å². The molecule has 0 saturated carbocycles. The Balaban J connectivity index is 1.76. The molecule has 0 aliphatic heterocycles. The normalized spacial score (nSPS) is 15.5. The fraction of sp³-hybridized carbons (Fsp3) is 0.567. The van der Waals surface area contributed by atoms with Crippen LogP contribution < -0.4 is 27.4 Å². The summed E-state index contributed by atoms with van der Waals surface area (Å²) in [5, 5.41) is 35.7. The van der Waals surface area contributed by atoms with Crippen LogP contribution in [0.2, 0.25) is 0 Å². The number of amides is 3. The lowest BCUT2D eigenvalue weighted by Gasteiger charge is -2.22. The lowest BCUT2D eigenvalue weighted by molar-refractivity contribution is -0.147. The molecule has 3 amide bonds. The standard InChI is InChI=1S/C30H47N8O19P3S2/c1-18(39)22(14-55-59(50,51)57-60(52,53)56-58(47,48)49)54-17-38-13-19(26-27(32)35-16-36-28(26)38)6-5-10-33-23(40)8-11-61-62-15-20(31)29(44)34-9-4-2-3-7-24(41)37-21(30(45)46)12-25(42)43/h13,16,18,20-22,39H,2-4,7-12,14-15,17,31H2,1H3,(H,33,40)(H,34,44)(H,37,41)(H,42,43)(H,45,46)(H,50,51)(H,52,53)(H2,32,35,36)(H2,47,48,49). The molecule has 0 spiro atoms. The number of unbranched alkanes of at least 4 members (excludes halogenated alkanes) is 2. The number of carbonyl (C=O) groups is 5. The Labute approximate surface area is 360 Å². The molecule has 6 unspecified atom stereocenters. The second-order valence-electron chi connectivity index (χ2n) is 12.6. The number of nitrogens with one attached hydrogen (secondary N) is 3. The zero-order valence-electron chi connectivity index (χ0n) is 32.6. The van der Waals surface area contributed by atoms with E-state index in [4.69, 9.17) is 36.2 Å². The maximum atomic E-state index is 12.4. The first-order chi connectivity index (χ1) is 28.9. The molecule has 2 aromatic rings. The summed E-state index contributed by atoms with van der Waals surface area (Å²) in [5.41, 5.74) is 12.5. The number of hydrogen-bond donors (Lipinski definition) is 12. The highest BCUT2D eigenvalue weighted by Gasteiger charge is 2.41. The van der Waals surface area contributed by atoms with Crippen LogP contribution in [0.3, 0.4) is 0 Å². The maximum absolute atomic E-state index is 12.4. The first kappa shape index (κ1) is 54.5. The molecule has 0 saturated heterocycles. The summed E-state index contributed by atoms with van der Waals surface area (Å²) >= 11 is 0. The van der Waals surface area contributed by atoms with E-state index < -0.39 is 85.4 Å². The van der Waals surface area contributed by atoms with Gasteiger partial charge in [-0.05, 0) is 19.8 Å². The van der Waals surface area contributed by atoms with Gasteiger partial charge in [0.1, 0.15) is 36.7 Å². The quantitative estimate of drug-likeness (QED) is 0.0209. The zero-order chi connectivity index (χ0) is 46.7. The number of aliphatic carboxylic acids is 2. The van der Waals surface area contributed by atoms with Crippen molar-refractivity contribution in [2.24, 2.45) is 5.73 Å². The minimum absolute atomic E-state index is 0.00458. The summed E-state index contributed by atoms with van der Waals surface area (Å²) < 4.78 is 53.4. The van der Waals surface area contributed by atoms with E-state index in [1.54, 1.807) is 0 Å². The Morgan fingerprint density at radius 1 is 0.952 bits per heavy atom. The molecule has 0 fully saturated rings. The fourth-order valence-electron chi connectivity index (χ4n) is 4.65. The van der Waals surface area contributed by atoms with Crippen LogP contribution in [0.4, 0.5) is 5.82 Å². The summed E-state index contributed by atoms with van der Waals surface area (Å²) in [6.45, 7) is 0.137. The van der Waals surface area contributed by atoms with Gasteiger partial charge < -0.3 is 71.6 Å². The molecule has 0 radical (unpaired) electrons. The molecule has 6 atom stereocenters. The predicted octanol–water partition coefficient (Wildman–Crippen LogP) is -0.632. The molecule has 0 aromatic carbocycles. The first-order valence-corrected chi connectivity index (χ1v) is 24.8. The summed E-state index contributed by atoms with van der Waals surface area (Å²) in [5.74, 6) is 2.25. The number of phosphoric acid groups is 3. The molecule has 62 heavy (non-hydrogen) atoms. The van der Waals surface area contributed by atoms with Crippen molar-refractivity contribution in [2.75, 3.05) is 36.9 Å². The Morgan fingerprint density at radius 2 is 1.66 bits per heavy atom. The topological polar surface area (TPSA) is 434 Å². The Morgan fingerprint density at radius 3 is 2.31 bits per heavy atom. The van der Waals surface area contributed by atoms with Crippen LogP contribution in [0, 0.1) is 11.8 Å². The van der Waals surface area contributed by atoms with Crippen molar-refractivity contribution in [2.45, 2.75) is 76.5 Å². The average molecular weight is 981 g/mol. The summed E-state index contributed by atoms with van der Waals surface area (Å²) in [4.78, 5) is 103. The number of nitrogens with two attached hydrogens (primary N) is 2. The van der Waals surface area contributed by atoms with Gasteiger partial charge in [0.2, 0.25) is 17.7 Å². The number of rotatable bonds is 29. The van der Waals surface area contributed by atoms with Crippen LogP contribution in [0.25, 0.3) is 11.0 Å². The Kier molecular flexibility index (Phi) is 23.0. The first-order valence-electron chi connectivity index (χ1n) is 17.8. The third kappa shape index (κ3) is 21.6. The number of carboxylic acid groups (broad SMARTS) is 2. The number of nitrogen functional groups attached to an aromatic ring is 1. The van der Waals surface area contributed by atoms with Crippen LogP contribution in [0.15, 0.2) is 12.5 Å². The lowest BCUT2D eigenvalue weighted by atomic mass is 10.1. The van der Waals surface area contributed by atoms with Gasteiger partial charge in [0.05, 0.1) is 42.7 Å². The highest BCUT2D eigenvalue weighted by atomic mass is 33.1. The van der Waals surface area contributed by atoms with Crippen molar-refractivity contribution in [3.05, 3.63) is 18.1 Å². The SMILES string of the molecule is CC(O)C(COP(=O)(O)OP(=O)(O)OP(=O)(O)O)OCn1cc(C#CCNC(=O)CCSSCC(N)C(=O)NCCCCCC(=O)NC(CC(=O)O)C(=O)O)c2c(N)ncnc21. The second-order valence-corrected chi connectivity index (χ2v) is 19.7. The fourth-order valence-corrected chi connectivity index (χ4v) is 9.79. The van der Waals surface area contributed by atoms with Gasteiger partial charge in [-0.1, -0.05) is 39.8 Å². The van der Waals surface area contributed by atoms with E-state index in [9.17, 15) is 52.6 Å². The van der Waals surface area contributed by atoms with Crippen LogP contribution in [0.5, 0.6) is 0 Å². The number of carbonyl (C=O) groups excluding carboxylic acids is 3. The van der Waals surface area contributed by atoms with Crippen LogP contribution in [-0.4, -0.2) is 135 Å². The van der Waals surface area contributed by atoms with E-state index in [1.165, 1.54) is 39.3 Å².